The number of para-hydroxylation sites is 1. The monoisotopic (exact) mass is 498 g/mol. The number of amides is 1. The van der Waals surface area contributed by atoms with Crippen LogP contribution < -0.4 is 10.0 Å². The van der Waals surface area contributed by atoms with Crippen molar-refractivity contribution in [1.29, 1.82) is 0 Å². The zero-order valence-corrected chi connectivity index (χ0v) is 20.2. The number of carbonyl (C=O) groups is 2. The first-order chi connectivity index (χ1) is 16.7. The van der Waals surface area contributed by atoms with Gasteiger partial charge in [-0.2, -0.15) is 0 Å². The van der Waals surface area contributed by atoms with Gasteiger partial charge in [0.05, 0.1) is 16.1 Å². The van der Waals surface area contributed by atoms with Crippen LogP contribution in [0.1, 0.15) is 36.2 Å². The molecular weight excluding hydrogens is 471 g/mol. The zero-order valence-electron chi connectivity index (χ0n) is 19.4. The summed E-state index contributed by atoms with van der Waals surface area (Å²) in [6.45, 7) is 3.35. The Hall–Kier alpha value is -3.72. The van der Waals surface area contributed by atoms with Gasteiger partial charge in [-0.15, -0.1) is 0 Å². The highest BCUT2D eigenvalue weighted by Gasteiger charge is 2.22. The summed E-state index contributed by atoms with van der Waals surface area (Å²) in [6, 6.07) is 20.1. The van der Waals surface area contributed by atoms with Crippen LogP contribution in [0, 0.1) is 5.82 Å². The number of halogens is 1. The number of anilines is 1. The normalized spacial score (nSPS) is 12.9. The molecule has 0 aliphatic rings. The van der Waals surface area contributed by atoms with Crippen LogP contribution in [0.2, 0.25) is 0 Å². The second-order valence-electron chi connectivity index (χ2n) is 8.09. The fraction of sp³-hybridized carbons (Fsp3) is 0.231. The number of benzene rings is 3. The summed E-state index contributed by atoms with van der Waals surface area (Å²) in [7, 11) is -4.06. The van der Waals surface area contributed by atoms with Gasteiger partial charge in [-0.3, -0.25) is 9.52 Å². The van der Waals surface area contributed by atoms with Gasteiger partial charge >= 0.3 is 5.97 Å². The minimum Gasteiger partial charge on any atom is -0.449 e. The molecular formula is C26H27FN2O5S. The highest BCUT2D eigenvalue weighted by molar-refractivity contribution is 7.92. The number of sulfonamides is 1. The number of aryl methyl sites for hydroxylation is 1. The van der Waals surface area contributed by atoms with E-state index >= 15 is 0 Å². The van der Waals surface area contributed by atoms with Gasteiger partial charge in [-0.1, -0.05) is 42.5 Å². The predicted molar refractivity (Wildman–Crippen MR) is 131 cm³/mol. The van der Waals surface area contributed by atoms with Crippen molar-refractivity contribution in [1.82, 2.24) is 5.32 Å². The van der Waals surface area contributed by atoms with Gasteiger partial charge in [0.25, 0.3) is 15.9 Å². The Morgan fingerprint density at radius 3 is 2.20 bits per heavy atom. The van der Waals surface area contributed by atoms with Crippen molar-refractivity contribution in [3.63, 3.8) is 0 Å². The highest BCUT2D eigenvalue weighted by Crippen LogP contribution is 2.19. The van der Waals surface area contributed by atoms with E-state index in [9.17, 15) is 22.4 Å². The molecule has 184 valence electrons. The molecule has 35 heavy (non-hydrogen) atoms. The Bertz CT molecular complexity index is 1260. The van der Waals surface area contributed by atoms with Gasteiger partial charge < -0.3 is 10.1 Å². The molecule has 7 nitrogen and oxygen atoms in total. The number of esters is 1. The van der Waals surface area contributed by atoms with Gasteiger partial charge in [0.2, 0.25) is 0 Å². The molecule has 3 aromatic rings. The number of hydrogen-bond acceptors (Lipinski definition) is 5. The van der Waals surface area contributed by atoms with Gasteiger partial charge in [0.15, 0.2) is 6.10 Å². The molecule has 1 amide bonds. The molecule has 3 aromatic carbocycles. The Kier molecular flexibility index (Phi) is 8.59. The van der Waals surface area contributed by atoms with Crippen LogP contribution in [0.15, 0.2) is 83.8 Å². The molecule has 9 heteroatoms. The quantitative estimate of drug-likeness (QED) is 0.406. The van der Waals surface area contributed by atoms with E-state index in [1.807, 2.05) is 37.3 Å². The summed E-state index contributed by atoms with van der Waals surface area (Å²) in [4.78, 5) is 24.7. The molecule has 0 spiro atoms. The fourth-order valence-corrected chi connectivity index (χ4v) is 4.33. The fourth-order valence-electron chi connectivity index (χ4n) is 3.26. The van der Waals surface area contributed by atoms with E-state index in [0.717, 1.165) is 18.9 Å². The van der Waals surface area contributed by atoms with E-state index in [-0.39, 0.29) is 22.2 Å². The molecule has 0 aromatic heterocycles. The minimum atomic E-state index is -4.06. The van der Waals surface area contributed by atoms with Crippen molar-refractivity contribution in [2.24, 2.45) is 0 Å². The van der Waals surface area contributed by atoms with E-state index in [1.54, 1.807) is 0 Å². The third kappa shape index (κ3) is 7.38. The average Bonchev–Trinajstić information content (AvgIpc) is 2.84. The molecule has 2 atom stereocenters. The predicted octanol–water partition coefficient (Wildman–Crippen LogP) is 4.31. The highest BCUT2D eigenvalue weighted by atomic mass is 32.2. The summed E-state index contributed by atoms with van der Waals surface area (Å²) < 4.78 is 46.2. The van der Waals surface area contributed by atoms with Crippen molar-refractivity contribution in [3.05, 3.63) is 95.8 Å². The lowest BCUT2D eigenvalue weighted by Gasteiger charge is -2.18. The summed E-state index contributed by atoms with van der Waals surface area (Å²) in [5.74, 6) is -1.90. The molecule has 0 saturated carbocycles. The summed E-state index contributed by atoms with van der Waals surface area (Å²) in [5, 5.41) is 2.83. The van der Waals surface area contributed by atoms with Crippen LogP contribution in [0.3, 0.4) is 0 Å². The Morgan fingerprint density at radius 1 is 0.914 bits per heavy atom. The van der Waals surface area contributed by atoms with Crippen molar-refractivity contribution < 1.29 is 27.1 Å². The van der Waals surface area contributed by atoms with Gasteiger partial charge in [-0.05, 0) is 68.7 Å². The van der Waals surface area contributed by atoms with E-state index < -0.39 is 33.8 Å². The smallest absolute Gasteiger partial charge is 0.338 e. The number of hydrogen-bond donors (Lipinski definition) is 2. The SMILES string of the molecule is C[C@@H](CCc1ccccc1)NC(=O)[C@@H](C)OC(=O)c1ccc(S(=O)(=O)Nc2ccccc2F)cc1. The lowest BCUT2D eigenvalue weighted by atomic mass is 10.1. The topological polar surface area (TPSA) is 102 Å². The Balaban J connectivity index is 1.53. The van der Waals surface area contributed by atoms with Crippen LogP contribution in [0.4, 0.5) is 10.1 Å². The first-order valence-corrected chi connectivity index (χ1v) is 12.6. The molecule has 0 saturated heterocycles. The van der Waals surface area contributed by atoms with Crippen molar-refractivity contribution >= 4 is 27.6 Å². The second kappa shape index (κ2) is 11.6. The molecule has 2 N–H and O–H groups in total. The number of nitrogens with one attached hydrogen (secondary N) is 2. The van der Waals surface area contributed by atoms with Crippen LogP contribution in [0.25, 0.3) is 0 Å². The first-order valence-electron chi connectivity index (χ1n) is 11.1. The summed E-state index contributed by atoms with van der Waals surface area (Å²) in [6.07, 6.45) is 0.498. The maximum atomic E-state index is 13.8. The molecule has 0 aliphatic carbocycles. The lowest BCUT2D eigenvalue weighted by Crippen LogP contribution is -2.41. The van der Waals surface area contributed by atoms with Crippen molar-refractivity contribution in [3.8, 4) is 0 Å². The average molecular weight is 499 g/mol. The van der Waals surface area contributed by atoms with Crippen LogP contribution in [-0.4, -0.2) is 32.4 Å². The molecule has 0 aliphatic heterocycles. The zero-order chi connectivity index (χ0) is 25.4. The summed E-state index contributed by atoms with van der Waals surface area (Å²) >= 11 is 0. The molecule has 0 radical (unpaired) electrons. The molecule has 0 fully saturated rings. The van der Waals surface area contributed by atoms with Crippen LogP contribution in [-0.2, 0) is 26.0 Å². The lowest BCUT2D eigenvalue weighted by molar-refractivity contribution is -0.129. The maximum Gasteiger partial charge on any atom is 0.338 e. The number of rotatable bonds is 10. The van der Waals surface area contributed by atoms with Crippen LogP contribution >= 0.6 is 0 Å². The summed E-state index contributed by atoms with van der Waals surface area (Å²) in [5.41, 5.74) is 1.06. The third-order valence-electron chi connectivity index (χ3n) is 5.27. The third-order valence-corrected chi connectivity index (χ3v) is 6.65. The van der Waals surface area contributed by atoms with E-state index in [1.165, 1.54) is 55.0 Å². The molecule has 0 unspecified atom stereocenters. The number of carbonyl (C=O) groups excluding carboxylic acids is 2. The number of ether oxygens (including phenoxy) is 1. The van der Waals surface area contributed by atoms with E-state index in [0.29, 0.717) is 0 Å². The molecule has 0 heterocycles. The second-order valence-corrected chi connectivity index (χ2v) is 9.77. The largest absolute Gasteiger partial charge is 0.449 e. The van der Waals surface area contributed by atoms with Gasteiger partial charge in [-0.25, -0.2) is 17.6 Å². The Labute approximate surface area is 204 Å². The molecule has 0 bridgehead atoms. The maximum absolute atomic E-state index is 13.8. The first kappa shape index (κ1) is 25.9. The van der Waals surface area contributed by atoms with Crippen molar-refractivity contribution in [2.45, 2.75) is 43.7 Å². The Morgan fingerprint density at radius 2 is 1.54 bits per heavy atom. The van der Waals surface area contributed by atoms with E-state index in [4.69, 9.17) is 4.74 Å². The standard InChI is InChI=1S/C26H27FN2O5S/c1-18(12-13-20-8-4-3-5-9-20)28-25(30)19(2)34-26(31)21-14-16-22(17-15-21)35(32,33)29-24-11-7-6-10-23(24)27/h3-11,14-19,29H,12-13H2,1-2H3,(H,28,30)/t18-,19+/m0/s1. The van der Waals surface area contributed by atoms with Crippen molar-refractivity contribution in [2.75, 3.05) is 4.72 Å². The molecule has 3 rings (SSSR count). The van der Waals surface area contributed by atoms with Crippen LogP contribution in [0.5, 0.6) is 0 Å². The van der Waals surface area contributed by atoms with Gasteiger partial charge in [0.1, 0.15) is 5.82 Å². The van der Waals surface area contributed by atoms with Gasteiger partial charge in [0, 0.05) is 6.04 Å². The van der Waals surface area contributed by atoms with E-state index in [2.05, 4.69) is 10.0 Å². The minimum absolute atomic E-state index is 0.0756.